The maximum absolute atomic E-state index is 12.5. The van der Waals surface area contributed by atoms with Crippen molar-refractivity contribution in [2.75, 3.05) is 13.2 Å². The molecule has 0 heterocycles. The number of carbonyl (C=O) groups excluding carboxylic acids is 2. The maximum atomic E-state index is 12.5. The summed E-state index contributed by atoms with van der Waals surface area (Å²) in [6.07, 6.45) is 83.5. The molecule has 0 spiro atoms. The minimum atomic E-state index is -0.851. The quantitative estimate of drug-likeness (QED) is 0.0320. The molecule has 76 heavy (non-hydrogen) atoms. The second-order valence-electron chi connectivity index (χ2n) is 23.5. The lowest BCUT2D eigenvalue weighted by Crippen LogP contribution is -2.45. The van der Waals surface area contributed by atoms with Crippen molar-refractivity contribution >= 4 is 11.9 Å². The molecular weight excluding hydrogens is 935 g/mol. The van der Waals surface area contributed by atoms with Gasteiger partial charge in [0.05, 0.1) is 25.4 Å². The SMILES string of the molecule is CCCCCCCCC/C=C\CCCCCCCCCC(=O)OCCCCCCCCCCCC/C=C\CCCCCCCCCC(=O)NC(CO)C(O)/C=C/CCCCCCCCCCCCCCCCCCCC. The van der Waals surface area contributed by atoms with Crippen molar-refractivity contribution < 1.29 is 24.5 Å². The van der Waals surface area contributed by atoms with Gasteiger partial charge in [-0.15, -0.1) is 0 Å². The number of aliphatic hydroxyl groups is 2. The van der Waals surface area contributed by atoms with E-state index in [1.165, 1.54) is 295 Å². The Hall–Kier alpha value is -1.92. The van der Waals surface area contributed by atoms with E-state index >= 15 is 0 Å². The minimum Gasteiger partial charge on any atom is -0.466 e. The first-order valence-corrected chi connectivity index (χ1v) is 34.3. The number of amides is 1. The van der Waals surface area contributed by atoms with Gasteiger partial charge in [0.15, 0.2) is 0 Å². The van der Waals surface area contributed by atoms with Crippen molar-refractivity contribution in [2.45, 2.75) is 386 Å². The molecule has 1 amide bonds. The third kappa shape index (κ3) is 61.3. The average Bonchev–Trinajstić information content (AvgIpc) is 3.42. The summed E-state index contributed by atoms with van der Waals surface area (Å²) < 4.78 is 5.50. The highest BCUT2D eigenvalue weighted by Crippen LogP contribution is 2.18. The van der Waals surface area contributed by atoms with E-state index in [-0.39, 0.29) is 18.5 Å². The normalized spacial score (nSPS) is 12.7. The molecule has 0 fully saturated rings. The number of rotatable bonds is 64. The predicted molar refractivity (Wildman–Crippen MR) is 333 cm³/mol. The van der Waals surface area contributed by atoms with E-state index < -0.39 is 12.1 Å². The van der Waals surface area contributed by atoms with Crippen LogP contribution < -0.4 is 5.32 Å². The Kier molecular flexibility index (Phi) is 63.9. The Morgan fingerprint density at radius 1 is 0.355 bits per heavy atom. The number of hydrogen-bond acceptors (Lipinski definition) is 5. The van der Waals surface area contributed by atoms with Gasteiger partial charge < -0.3 is 20.3 Å². The summed E-state index contributed by atoms with van der Waals surface area (Å²) in [5, 5.41) is 23.2. The first kappa shape index (κ1) is 74.1. The first-order chi connectivity index (χ1) is 37.5. The number of hydrogen-bond donors (Lipinski definition) is 3. The largest absolute Gasteiger partial charge is 0.466 e. The topological polar surface area (TPSA) is 95.9 Å². The zero-order chi connectivity index (χ0) is 55.0. The molecule has 0 bridgehead atoms. The fourth-order valence-corrected chi connectivity index (χ4v) is 10.6. The van der Waals surface area contributed by atoms with Gasteiger partial charge in [-0.25, -0.2) is 0 Å². The molecule has 6 heteroatoms. The van der Waals surface area contributed by atoms with Crippen molar-refractivity contribution in [3.8, 4) is 0 Å². The molecule has 0 radical (unpaired) electrons. The number of ether oxygens (including phenoxy) is 1. The van der Waals surface area contributed by atoms with Crippen molar-refractivity contribution in [2.24, 2.45) is 0 Å². The molecule has 0 aromatic carbocycles. The number of allylic oxidation sites excluding steroid dienone is 5. The zero-order valence-electron chi connectivity index (χ0n) is 51.3. The Labute approximate surface area is 474 Å². The molecule has 0 saturated carbocycles. The van der Waals surface area contributed by atoms with E-state index in [0.29, 0.717) is 19.4 Å². The highest BCUT2D eigenvalue weighted by Gasteiger charge is 2.18. The second kappa shape index (κ2) is 65.6. The third-order valence-corrected chi connectivity index (χ3v) is 15.9. The number of nitrogens with one attached hydrogen (secondary N) is 1. The van der Waals surface area contributed by atoms with Crippen LogP contribution in [0.4, 0.5) is 0 Å². The van der Waals surface area contributed by atoms with Crippen LogP contribution in [-0.4, -0.2) is 47.4 Å². The summed E-state index contributed by atoms with van der Waals surface area (Å²) in [5.74, 6) is -0.0677. The Morgan fingerprint density at radius 3 is 0.934 bits per heavy atom. The third-order valence-electron chi connectivity index (χ3n) is 15.9. The molecule has 0 saturated heterocycles. The van der Waals surface area contributed by atoms with E-state index in [0.717, 1.165) is 51.4 Å². The predicted octanol–water partition coefficient (Wildman–Crippen LogP) is 21.9. The monoisotopic (exact) mass is 1070 g/mol. The summed E-state index contributed by atoms with van der Waals surface area (Å²) in [7, 11) is 0. The van der Waals surface area contributed by atoms with Crippen LogP contribution in [0.1, 0.15) is 373 Å². The standard InChI is InChI=1S/C70H133NO5/c1-3-5-7-9-11-13-15-17-19-21-23-27-30-34-38-42-46-50-54-58-62-68(73)67(66-72)71-69(74)63-59-55-51-47-43-39-35-31-28-25-24-26-29-33-37-41-45-49-53-57-61-65-76-70(75)64-60-56-52-48-44-40-36-32-22-20-18-16-14-12-10-8-6-4-2/h20,22,25,28,58,62,67-68,72-73H,3-19,21,23-24,26-27,29-57,59-61,63-66H2,1-2H3,(H,71,74)/b22-20-,28-25-,62-58+. The van der Waals surface area contributed by atoms with Gasteiger partial charge in [0, 0.05) is 12.8 Å². The summed E-state index contributed by atoms with van der Waals surface area (Å²) in [4.78, 5) is 24.6. The van der Waals surface area contributed by atoms with Gasteiger partial charge in [0.2, 0.25) is 5.91 Å². The van der Waals surface area contributed by atoms with Crippen LogP contribution in [0.15, 0.2) is 36.5 Å². The lowest BCUT2D eigenvalue weighted by Gasteiger charge is -2.20. The lowest BCUT2D eigenvalue weighted by atomic mass is 10.0. The van der Waals surface area contributed by atoms with E-state index in [9.17, 15) is 19.8 Å². The number of carbonyl (C=O) groups is 2. The molecule has 448 valence electrons. The van der Waals surface area contributed by atoms with Gasteiger partial charge in [-0.05, 0) is 83.5 Å². The molecular formula is C70H133NO5. The van der Waals surface area contributed by atoms with Gasteiger partial charge in [-0.1, -0.05) is 314 Å². The molecule has 0 aromatic heterocycles. The van der Waals surface area contributed by atoms with Crippen LogP contribution in [0.5, 0.6) is 0 Å². The summed E-state index contributed by atoms with van der Waals surface area (Å²) in [6, 6.07) is -0.635. The molecule has 6 nitrogen and oxygen atoms in total. The maximum Gasteiger partial charge on any atom is 0.305 e. The zero-order valence-corrected chi connectivity index (χ0v) is 51.3. The smallest absolute Gasteiger partial charge is 0.305 e. The average molecular weight is 1070 g/mol. The van der Waals surface area contributed by atoms with Gasteiger partial charge in [-0.2, -0.15) is 0 Å². The first-order valence-electron chi connectivity index (χ1n) is 34.3. The van der Waals surface area contributed by atoms with E-state index in [1.54, 1.807) is 6.08 Å². The summed E-state index contributed by atoms with van der Waals surface area (Å²) >= 11 is 0. The van der Waals surface area contributed by atoms with Crippen LogP contribution in [0.3, 0.4) is 0 Å². The van der Waals surface area contributed by atoms with E-state index in [4.69, 9.17) is 4.74 Å². The van der Waals surface area contributed by atoms with Crippen LogP contribution in [0, 0.1) is 0 Å². The Bertz CT molecular complexity index is 1230. The Balaban J connectivity index is 3.44. The van der Waals surface area contributed by atoms with Gasteiger partial charge in [-0.3, -0.25) is 9.59 Å². The molecule has 2 unspecified atom stereocenters. The van der Waals surface area contributed by atoms with E-state index in [2.05, 4.69) is 43.5 Å². The van der Waals surface area contributed by atoms with Crippen molar-refractivity contribution in [3.05, 3.63) is 36.5 Å². The number of aliphatic hydroxyl groups excluding tert-OH is 2. The molecule has 0 aliphatic carbocycles. The van der Waals surface area contributed by atoms with Gasteiger partial charge in [0.25, 0.3) is 0 Å². The van der Waals surface area contributed by atoms with Gasteiger partial charge in [0.1, 0.15) is 0 Å². The van der Waals surface area contributed by atoms with Crippen LogP contribution >= 0.6 is 0 Å². The molecule has 3 N–H and O–H groups in total. The molecule has 0 aliphatic rings. The number of unbranched alkanes of at least 4 members (excludes halogenated alkanes) is 49. The van der Waals surface area contributed by atoms with Crippen molar-refractivity contribution in [1.29, 1.82) is 0 Å². The summed E-state index contributed by atoms with van der Waals surface area (Å²) in [6.45, 7) is 4.92. The second-order valence-corrected chi connectivity index (χ2v) is 23.5. The van der Waals surface area contributed by atoms with Crippen LogP contribution in [0.2, 0.25) is 0 Å². The number of esters is 1. The van der Waals surface area contributed by atoms with Crippen LogP contribution in [-0.2, 0) is 14.3 Å². The Morgan fingerprint density at radius 2 is 0.618 bits per heavy atom. The van der Waals surface area contributed by atoms with E-state index in [1.807, 2.05) is 6.08 Å². The fraction of sp³-hybridized carbons (Fsp3) is 0.886. The molecule has 0 aliphatic heterocycles. The minimum absolute atomic E-state index is 0.00519. The molecule has 0 rings (SSSR count). The van der Waals surface area contributed by atoms with Crippen LogP contribution in [0.25, 0.3) is 0 Å². The van der Waals surface area contributed by atoms with Crippen molar-refractivity contribution in [3.63, 3.8) is 0 Å². The molecule has 0 aromatic rings. The van der Waals surface area contributed by atoms with Gasteiger partial charge >= 0.3 is 5.97 Å². The summed E-state index contributed by atoms with van der Waals surface area (Å²) in [5.41, 5.74) is 0. The van der Waals surface area contributed by atoms with Crippen molar-refractivity contribution in [1.82, 2.24) is 5.32 Å². The fourth-order valence-electron chi connectivity index (χ4n) is 10.6. The highest BCUT2D eigenvalue weighted by molar-refractivity contribution is 5.76. The highest BCUT2D eigenvalue weighted by atomic mass is 16.5. The lowest BCUT2D eigenvalue weighted by molar-refractivity contribution is -0.143. The molecule has 2 atom stereocenters.